The number of carboxylic acid groups (broad SMARTS) is 1. The molecular formula is C10H18N4O4S. The molecule has 0 saturated carbocycles. The molecule has 0 radical (unpaired) electrons. The van der Waals surface area contributed by atoms with Crippen LogP contribution in [0.1, 0.15) is 24.3 Å². The highest BCUT2D eigenvalue weighted by Gasteiger charge is 2.17. The highest BCUT2D eigenvalue weighted by Crippen LogP contribution is 1.98. The van der Waals surface area contributed by atoms with Gasteiger partial charge < -0.3 is 9.67 Å². The molecule has 1 aromatic heterocycles. The normalized spacial score (nSPS) is 11.9. The van der Waals surface area contributed by atoms with Gasteiger partial charge in [-0.25, -0.2) is 14.5 Å². The van der Waals surface area contributed by atoms with Crippen molar-refractivity contribution in [2.75, 3.05) is 19.6 Å². The molecule has 0 aliphatic heterocycles. The molecule has 8 nitrogen and oxygen atoms in total. The molecule has 108 valence electrons. The summed E-state index contributed by atoms with van der Waals surface area (Å²) in [7, 11) is -3.47. The maximum atomic E-state index is 11.8. The van der Waals surface area contributed by atoms with Crippen LogP contribution >= 0.6 is 0 Å². The van der Waals surface area contributed by atoms with Gasteiger partial charge in [0.1, 0.15) is 0 Å². The van der Waals surface area contributed by atoms with Crippen molar-refractivity contribution < 1.29 is 18.3 Å². The van der Waals surface area contributed by atoms with Crippen molar-refractivity contribution in [3.05, 3.63) is 18.2 Å². The van der Waals surface area contributed by atoms with Gasteiger partial charge in [0.25, 0.3) is 10.2 Å². The summed E-state index contributed by atoms with van der Waals surface area (Å²) in [6.07, 6.45) is 2.71. The second-order valence-corrected chi connectivity index (χ2v) is 5.54. The Kier molecular flexibility index (Phi) is 5.45. The summed E-state index contributed by atoms with van der Waals surface area (Å²) >= 11 is 0. The van der Waals surface area contributed by atoms with Gasteiger partial charge in [0.15, 0.2) is 5.69 Å². The van der Waals surface area contributed by atoms with Crippen LogP contribution in [0.4, 0.5) is 0 Å². The predicted octanol–water partition coefficient (Wildman–Crippen LogP) is -0.242. The first-order valence-corrected chi connectivity index (χ1v) is 7.34. The molecule has 0 aliphatic carbocycles. The van der Waals surface area contributed by atoms with Gasteiger partial charge in [-0.15, -0.1) is 0 Å². The third kappa shape index (κ3) is 4.30. The zero-order chi connectivity index (χ0) is 14.5. The Bertz CT molecular complexity index is 521. The lowest BCUT2D eigenvalue weighted by Gasteiger charge is -2.18. The molecule has 0 spiro atoms. The topological polar surface area (TPSA) is 105 Å². The molecule has 0 bridgehead atoms. The van der Waals surface area contributed by atoms with Gasteiger partial charge in [-0.05, 0) is 0 Å². The lowest BCUT2D eigenvalue weighted by Crippen LogP contribution is -2.41. The van der Waals surface area contributed by atoms with Crippen LogP contribution in [-0.2, 0) is 16.8 Å². The molecule has 0 unspecified atom stereocenters. The minimum Gasteiger partial charge on any atom is -0.476 e. The molecule has 0 aromatic carbocycles. The maximum Gasteiger partial charge on any atom is 0.356 e. The molecule has 1 aromatic rings. The first-order chi connectivity index (χ1) is 8.90. The zero-order valence-electron chi connectivity index (χ0n) is 10.9. The van der Waals surface area contributed by atoms with E-state index in [9.17, 15) is 13.2 Å². The summed E-state index contributed by atoms with van der Waals surface area (Å²) in [5.41, 5.74) is -0.0633. The van der Waals surface area contributed by atoms with Crippen LogP contribution in [0, 0.1) is 0 Å². The molecular weight excluding hydrogens is 272 g/mol. The summed E-state index contributed by atoms with van der Waals surface area (Å²) in [6, 6.07) is 0. The van der Waals surface area contributed by atoms with Crippen LogP contribution in [0.5, 0.6) is 0 Å². The van der Waals surface area contributed by atoms with E-state index in [2.05, 4.69) is 9.71 Å². The average molecular weight is 290 g/mol. The minimum absolute atomic E-state index is 0.0633. The molecule has 0 aliphatic rings. The van der Waals surface area contributed by atoms with Crippen LogP contribution in [0.25, 0.3) is 0 Å². The van der Waals surface area contributed by atoms with E-state index in [0.29, 0.717) is 19.6 Å². The Balaban J connectivity index is 2.51. The highest BCUT2D eigenvalue weighted by molar-refractivity contribution is 7.87. The Morgan fingerprint density at radius 2 is 2.11 bits per heavy atom. The molecule has 0 amide bonds. The zero-order valence-corrected chi connectivity index (χ0v) is 11.7. The number of aromatic carboxylic acids is 1. The first-order valence-electron chi connectivity index (χ1n) is 5.90. The number of nitrogens with zero attached hydrogens (tertiary/aromatic N) is 3. The van der Waals surface area contributed by atoms with E-state index in [1.165, 1.54) is 21.4 Å². The smallest absolute Gasteiger partial charge is 0.356 e. The average Bonchev–Trinajstić information content (AvgIpc) is 2.78. The lowest BCUT2D eigenvalue weighted by molar-refractivity contribution is 0.0691. The molecule has 1 heterocycles. The first kappa shape index (κ1) is 15.6. The number of carbonyl (C=O) groups is 1. The summed E-state index contributed by atoms with van der Waals surface area (Å²) in [5.74, 6) is -1.11. The second-order valence-electron chi connectivity index (χ2n) is 3.79. The number of imidazole rings is 1. The van der Waals surface area contributed by atoms with Crippen LogP contribution in [0.3, 0.4) is 0 Å². The van der Waals surface area contributed by atoms with Gasteiger partial charge >= 0.3 is 5.97 Å². The van der Waals surface area contributed by atoms with Crippen LogP contribution < -0.4 is 4.72 Å². The second kappa shape index (κ2) is 6.64. The van der Waals surface area contributed by atoms with Crippen molar-refractivity contribution in [1.29, 1.82) is 0 Å². The summed E-state index contributed by atoms with van der Waals surface area (Å²) in [4.78, 5) is 14.3. The summed E-state index contributed by atoms with van der Waals surface area (Å²) in [5, 5.41) is 8.70. The maximum absolute atomic E-state index is 11.8. The van der Waals surface area contributed by atoms with E-state index < -0.39 is 16.2 Å². The minimum atomic E-state index is -3.47. The predicted molar refractivity (Wildman–Crippen MR) is 69.0 cm³/mol. The van der Waals surface area contributed by atoms with E-state index in [-0.39, 0.29) is 12.2 Å². The van der Waals surface area contributed by atoms with E-state index in [1.807, 2.05) is 0 Å². The van der Waals surface area contributed by atoms with Gasteiger partial charge in [-0.1, -0.05) is 13.8 Å². The molecule has 2 N–H and O–H groups in total. The van der Waals surface area contributed by atoms with Gasteiger partial charge in [0.2, 0.25) is 0 Å². The molecule has 19 heavy (non-hydrogen) atoms. The Morgan fingerprint density at radius 3 is 2.58 bits per heavy atom. The summed E-state index contributed by atoms with van der Waals surface area (Å²) in [6.45, 7) is 4.82. The molecule has 9 heteroatoms. The number of hydrogen-bond donors (Lipinski definition) is 2. The van der Waals surface area contributed by atoms with Gasteiger partial charge in [-0.2, -0.15) is 12.7 Å². The van der Waals surface area contributed by atoms with Crippen molar-refractivity contribution in [2.45, 2.75) is 20.4 Å². The van der Waals surface area contributed by atoms with E-state index in [0.717, 1.165) is 0 Å². The van der Waals surface area contributed by atoms with E-state index >= 15 is 0 Å². The van der Waals surface area contributed by atoms with Crippen LogP contribution in [0.2, 0.25) is 0 Å². The number of aromatic nitrogens is 2. The third-order valence-electron chi connectivity index (χ3n) is 2.55. The fourth-order valence-electron chi connectivity index (χ4n) is 1.55. The number of nitrogens with one attached hydrogen (secondary N) is 1. The van der Waals surface area contributed by atoms with Crippen LogP contribution in [-0.4, -0.2) is 53.0 Å². The molecule has 0 atom stereocenters. The lowest BCUT2D eigenvalue weighted by atomic mass is 10.5. The van der Waals surface area contributed by atoms with Crippen molar-refractivity contribution in [1.82, 2.24) is 18.6 Å². The fourth-order valence-corrected chi connectivity index (χ4v) is 2.76. The Morgan fingerprint density at radius 1 is 1.47 bits per heavy atom. The van der Waals surface area contributed by atoms with E-state index in [1.54, 1.807) is 13.8 Å². The standard InChI is InChI=1S/C10H18N4O4S/c1-3-14(4-2)19(17,18)12-5-6-13-7-9(10(15)16)11-8-13/h7-8,12H,3-6H2,1-2H3,(H,15,16). The van der Waals surface area contributed by atoms with Gasteiger partial charge in [0, 0.05) is 32.4 Å². The van der Waals surface area contributed by atoms with Crippen molar-refractivity contribution in [3.8, 4) is 0 Å². The Labute approximate surface area is 112 Å². The van der Waals surface area contributed by atoms with Crippen LogP contribution in [0.15, 0.2) is 12.5 Å². The van der Waals surface area contributed by atoms with Gasteiger partial charge in [-0.3, -0.25) is 0 Å². The number of carboxylic acids is 1. The monoisotopic (exact) mass is 290 g/mol. The Hall–Kier alpha value is -1.45. The van der Waals surface area contributed by atoms with Crippen molar-refractivity contribution in [3.63, 3.8) is 0 Å². The molecule has 1 rings (SSSR count). The van der Waals surface area contributed by atoms with Crippen molar-refractivity contribution in [2.24, 2.45) is 0 Å². The number of hydrogen-bond acceptors (Lipinski definition) is 4. The van der Waals surface area contributed by atoms with Crippen molar-refractivity contribution >= 4 is 16.2 Å². The molecule has 0 saturated heterocycles. The highest BCUT2D eigenvalue weighted by atomic mass is 32.2. The molecule has 0 fully saturated rings. The number of rotatable bonds is 8. The summed E-state index contributed by atoms with van der Waals surface area (Å²) < 4.78 is 28.9. The van der Waals surface area contributed by atoms with E-state index in [4.69, 9.17) is 5.11 Å². The quantitative estimate of drug-likeness (QED) is 0.687. The SMILES string of the molecule is CCN(CC)S(=O)(=O)NCCn1cnc(C(=O)O)c1. The largest absolute Gasteiger partial charge is 0.476 e. The fraction of sp³-hybridized carbons (Fsp3) is 0.600. The van der Waals surface area contributed by atoms with Gasteiger partial charge in [0.05, 0.1) is 6.33 Å². The third-order valence-corrected chi connectivity index (χ3v) is 4.32.